The first-order valence-corrected chi connectivity index (χ1v) is 14.5. The molecule has 3 aliphatic rings. The number of piperidine rings is 1. The van der Waals surface area contributed by atoms with Crippen LogP contribution in [0.5, 0.6) is 0 Å². The summed E-state index contributed by atoms with van der Waals surface area (Å²) in [6, 6.07) is 1.76. The zero-order valence-electron chi connectivity index (χ0n) is 22.8. The molecule has 0 bridgehead atoms. The lowest BCUT2D eigenvalue weighted by Gasteiger charge is -2.34. The van der Waals surface area contributed by atoms with Crippen molar-refractivity contribution >= 4 is 0 Å². The first kappa shape index (κ1) is 27.4. The molecule has 0 amide bonds. The highest BCUT2D eigenvalue weighted by Crippen LogP contribution is 2.28. The zero-order valence-corrected chi connectivity index (χ0v) is 22.8. The number of nitrogens with zero attached hydrogens (tertiary/aromatic N) is 2. The van der Waals surface area contributed by atoms with Gasteiger partial charge in [0.2, 0.25) is 0 Å². The Labute approximate surface area is 206 Å². The van der Waals surface area contributed by atoms with E-state index in [2.05, 4.69) is 60.4 Å². The summed E-state index contributed by atoms with van der Waals surface area (Å²) in [7, 11) is 0. The van der Waals surface area contributed by atoms with E-state index >= 15 is 0 Å². The third kappa shape index (κ3) is 9.76. The number of hydrogen-bond acceptors (Lipinski definition) is 5. The highest BCUT2D eigenvalue weighted by atomic mass is 15.4. The molecule has 5 heteroatoms. The molecule has 4 atom stereocenters. The van der Waals surface area contributed by atoms with Crippen LogP contribution in [0.3, 0.4) is 0 Å². The van der Waals surface area contributed by atoms with E-state index in [4.69, 9.17) is 0 Å². The average Bonchev–Trinajstić information content (AvgIpc) is 3.25. The number of likely N-dealkylation sites (tertiary alicyclic amines) is 1. The zero-order chi connectivity index (χ0) is 23.7. The van der Waals surface area contributed by atoms with Gasteiger partial charge in [0, 0.05) is 44.4 Å². The summed E-state index contributed by atoms with van der Waals surface area (Å²) in [5.74, 6) is 0.999. The monoisotopic (exact) mass is 463 g/mol. The van der Waals surface area contributed by atoms with Crippen molar-refractivity contribution in [1.29, 1.82) is 0 Å². The van der Waals surface area contributed by atoms with E-state index in [9.17, 15) is 0 Å². The van der Waals surface area contributed by atoms with Crippen LogP contribution >= 0.6 is 0 Å². The SMILES string of the molecule is CC(CN1CNC(NCC(CCCC2CCCCC2)NC(C)C(C)(C)C)C1)N1CCCCC1. The fourth-order valence-electron chi connectivity index (χ4n) is 6.01. The van der Waals surface area contributed by atoms with Gasteiger partial charge in [-0.15, -0.1) is 0 Å². The summed E-state index contributed by atoms with van der Waals surface area (Å²) in [6.45, 7) is 18.9. The third-order valence-electron chi connectivity index (χ3n) is 8.82. The predicted molar refractivity (Wildman–Crippen MR) is 143 cm³/mol. The molecule has 0 radical (unpaired) electrons. The van der Waals surface area contributed by atoms with E-state index in [-0.39, 0.29) is 0 Å². The maximum Gasteiger partial charge on any atom is 0.0713 e. The molecule has 0 aromatic heterocycles. The van der Waals surface area contributed by atoms with E-state index in [0.29, 0.717) is 29.7 Å². The van der Waals surface area contributed by atoms with Gasteiger partial charge in [-0.2, -0.15) is 0 Å². The Balaban J connectivity index is 1.40. The summed E-state index contributed by atoms with van der Waals surface area (Å²) < 4.78 is 0. The molecule has 2 saturated heterocycles. The van der Waals surface area contributed by atoms with Gasteiger partial charge in [0.25, 0.3) is 0 Å². The topological polar surface area (TPSA) is 42.6 Å². The standard InChI is InChI=1S/C28H57N5/c1-23(33-17-10-7-11-18-33)20-32-21-27(30-22-32)29-19-26(31-24(2)28(3,4)5)16-12-15-25-13-8-6-9-14-25/h23-27,29-31H,6-22H2,1-5H3. The molecule has 1 aliphatic carbocycles. The largest absolute Gasteiger partial charge is 0.310 e. The summed E-state index contributed by atoms with van der Waals surface area (Å²) in [4.78, 5) is 5.31. The molecular formula is C28H57N5. The van der Waals surface area contributed by atoms with Crippen LogP contribution in [0.2, 0.25) is 0 Å². The smallest absolute Gasteiger partial charge is 0.0713 e. The fourth-order valence-corrected chi connectivity index (χ4v) is 6.01. The lowest BCUT2D eigenvalue weighted by Crippen LogP contribution is -2.51. The van der Waals surface area contributed by atoms with Gasteiger partial charge in [-0.05, 0) is 57.5 Å². The van der Waals surface area contributed by atoms with Crippen molar-refractivity contribution in [3.05, 3.63) is 0 Å². The maximum absolute atomic E-state index is 3.99. The van der Waals surface area contributed by atoms with Crippen molar-refractivity contribution in [2.75, 3.05) is 39.4 Å². The van der Waals surface area contributed by atoms with E-state index < -0.39 is 0 Å². The van der Waals surface area contributed by atoms with Crippen molar-refractivity contribution in [1.82, 2.24) is 25.8 Å². The van der Waals surface area contributed by atoms with Crippen LogP contribution in [0.1, 0.15) is 105 Å². The molecule has 5 nitrogen and oxygen atoms in total. The Morgan fingerprint density at radius 1 is 0.970 bits per heavy atom. The second-order valence-electron chi connectivity index (χ2n) is 12.7. The van der Waals surface area contributed by atoms with Gasteiger partial charge in [0.15, 0.2) is 0 Å². The molecule has 33 heavy (non-hydrogen) atoms. The van der Waals surface area contributed by atoms with E-state index in [1.165, 1.54) is 90.3 Å². The number of hydrogen-bond donors (Lipinski definition) is 3. The van der Waals surface area contributed by atoms with Crippen molar-refractivity contribution in [2.24, 2.45) is 11.3 Å². The minimum atomic E-state index is 0.300. The molecule has 3 fully saturated rings. The van der Waals surface area contributed by atoms with Crippen LogP contribution < -0.4 is 16.0 Å². The Kier molecular flexibility index (Phi) is 11.4. The van der Waals surface area contributed by atoms with Crippen molar-refractivity contribution in [3.63, 3.8) is 0 Å². The minimum absolute atomic E-state index is 0.300. The third-order valence-corrected chi connectivity index (χ3v) is 8.82. The lowest BCUT2D eigenvalue weighted by atomic mass is 9.85. The summed E-state index contributed by atoms with van der Waals surface area (Å²) in [5.41, 5.74) is 0.300. The van der Waals surface area contributed by atoms with E-state index in [1.807, 2.05) is 0 Å². The quantitative estimate of drug-likeness (QED) is 0.389. The molecule has 194 valence electrons. The maximum atomic E-state index is 3.99. The predicted octanol–water partition coefficient (Wildman–Crippen LogP) is 4.78. The minimum Gasteiger partial charge on any atom is -0.310 e. The molecule has 3 N–H and O–H groups in total. The average molecular weight is 464 g/mol. The van der Waals surface area contributed by atoms with Gasteiger partial charge in [-0.1, -0.05) is 72.1 Å². The first-order valence-electron chi connectivity index (χ1n) is 14.5. The normalized spacial score (nSPS) is 27.0. The molecular weight excluding hydrogens is 406 g/mol. The second-order valence-corrected chi connectivity index (χ2v) is 12.7. The van der Waals surface area contributed by atoms with Crippen LogP contribution in [0, 0.1) is 11.3 Å². The molecule has 0 aromatic carbocycles. The van der Waals surface area contributed by atoms with Gasteiger partial charge >= 0.3 is 0 Å². The molecule has 2 aliphatic heterocycles. The van der Waals surface area contributed by atoms with Gasteiger partial charge in [-0.3, -0.25) is 20.4 Å². The van der Waals surface area contributed by atoms with Crippen molar-refractivity contribution in [3.8, 4) is 0 Å². The van der Waals surface area contributed by atoms with Crippen molar-refractivity contribution < 1.29 is 0 Å². The molecule has 0 aromatic rings. The van der Waals surface area contributed by atoms with Gasteiger partial charge in [0.05, 0.1) is 6.17 Å². The Bertz CT molecular complexity index is 521. The van der Waals surface area contributed by atoms with Gasteiger partial charge in [-0.25, -0.2) is 0 Å². The fraction of sp³-hybridized carbons (Fsp3) is 1.00. The van der Waals surface area contributed by atoms with Crippen molar-refractivity contribution in [2.45, 2.75) is 130 Å². The molecule has 1 saturated carbocycles. The Hall–Kier alpha value is -0.200. The number of nitrogens with one attached hydrogen (secondary N) is 3. The summed E-state index contributed by atoms with van der Waals surface area (Å²) in [6.07, 6.45) is 16.1. The number of rotatable bonds is 12. The van der Waals surface area contributed by atoms with E-state index in [1.54, 1.807) is 0 Å². The summed E-state index contributed by atoms with van der Waals surface area (Å²) >= 11 is 0. The first-order chi connectivity index (χ1) is 15.8. The van der Waals surface area contributed by atoms with Crippen LogP contribution in [-0.4, -0.2) is 73.5 Å². The van der Waals surface area contributed by atoms with Gasteiger partial charge in [0.1, 0.15) is 0 Å². The molecule has 2 heterocycles. The highest BCUT2D eigenvalue weighted by Gasteiger charge is 2.27. The van der Waals surface area contributed by atoms with Gasteiger partial charge < -0.3 is 5.32 Å². The second kappa shape index (κ2) is 13.8. The van der Waals surface area contributed by atoms with Crippen LogP contribution in [-0.2, 0) is 0 Å². The molecule has 4 unspecified atom stereocenters. The van der Waals surface area contributed by atoms with Crippen LogP contribution in [0.4, 0.5) is 0 Å². The summed E-state index contributed by atoms with van der Waals surface area (Å²) in [5, 5.41) is 11.6. The van der Waals surface area contributed by atoms with Crippen LogP contribution in [0.15, 0.2) is 0 Å². The molecule has 0 spiro atoms. The lowest BCUT2D eigenvalue weighted by molar-refractivity contribution is 0.137. The highest BCUT2D eigenvalue weighted by molar-refractivity contribution is 4.86. The van der Waals surface area contributed by atoms with E-state index in [0.717, 1.165) is 25.7 Å². The Morgan fingerprint density at radius 2 is 1.67 bits per heavy atom. The molecule has 3 rings (SSSR count). The Morgan fingerprint density at radius 3 is 2.36 bits per heavy atom. The van der Waals surface area contributed by atoms with Crippen LogP contribution in [0.25, 0.3) is 0 Å².